The van der Waals surface area contributed by atoms with Gasteiger partial charge in [0.15, 0.2) is 0 Å². The number of nitrogens with zero attached hydrogens (tertiary/aromatic N) is 2. The fourth-order valence-corrected chi connectivity index (χ4v) is 7.37. The molecule has 0 fully saturated rings. The lowest BCUT2D eigenvalue weighted by Gasteiger charge is -2.35. The second kappa shape index (κ2) is 26.0. The van der Waals surface area contributed by atoms with Crippen molar-refractivity contribution in [3.63, 3.8) is 0 Å². The highest BCUT2D eigenvalue weighted by molar-refractivity contribution is 7.92. The zero-order valence-electron chi connectivity index (χ0n) is 38.3. The molecule has 1 heterocycles. The van der Waals surface area contributed by atoms with Crippen molar-refractivity contribution in [1.29, 1.82) is 0 Å². The van der Waals surface area contributed by atoms with Gasteiger partial charge in [0.05, 0.1) is 55.5 Å². The zero-order chi connectivity index (χ0) is 48.1. The summed E-state index contributed by atoms with van der Waals surface area (Å²) in [5.74, 6) is -2.01. The Balaban J connectivity index is 1.35. The van der Waals surface area contributed by atoms with Crippen molar-refractivity contribution in [1.82, 2.24) is 20.6 Å². The lowest BCUT2D eigenvalue weighted by molar-refractivity contribution is -0.167. The summed E-state index contributed by atoms with van der Waals surface area (Å²) in [6, 6.07) is 10.1. The van der Waals surface area contributed by atoms with Crippen molar-refractivity contribution in [3.8, 4) is 11.5 Å². The fraction of sp³-hybridized carbons (Fsp3) is 0.556. The van der Waals surface area contributed by atoms with Gasteiger partial charge in [0, 0.05) is 25.5 Å². The number of rotatable bonds is 30. The molecule has 65 heavy (non-hydrogen) atoms. The SMILES string of the molecule is CC(C)(CCCCc1cc(Oc2ccc(S(=O)(=O)Nc3ncc(C(=O)NCCOCCOCC(=O)NCCOCCOCC(=O)O)cn3)cc2)ccc1F)CC(C)(C)C(=O)OC(C)(C)C. The van der Waals surface area contributed by atoms with Crippen molar-refractivity contribution >= 4 is 39.7 Å². The summed E-state index contributed by atoms with van der Waals surface area (Å²) < 4.78 is 75.4. The molecule has 20 heteroatoms. The topological polar surface area (TPSA) is 240 Å². The summed E-state index contributed by atoms with van der Waals surface area (Å²) in [6.45, 7) is 14.5. The number of aryl methyl sites for hydroxylation is 1. The minimum Gasteiger partial charge on any atom is -0.480 e. The molecule has 0 aliphatic carbocycles. The molecule has 18 nitrogen and oxygen atoms in total. The second-order valence-electron chi connectivity index (χ2n) is 17.5. The van der Waals surface area contributed by atoms with Gasteiger partial charge in [-0.3, -0.25) is 14.4 Å². The van der Waals surface area contributed by atoms with E-state index in [0.717, 1.165) is 19.3 Å². The van der Waals surface area contributed by atoms with Crippen molar-refractivity contribution in [3.05, 3.63) is 71.8 Å². The summed E-state index contributed by atoms with van der Waals surface area (Å²) in [6.07, 6.45) is 5.89. The number of nitrogens with one attached hydrogen (secondary N) is 3. The number of carbonyl (C=O) groups is 4. The number of carboxylic acids is 1. The van der Waals surface area contributed by atoms with E-state index in [4.69, 9.17) is 33.5 Å². The Morgan fingerprint density at radius 2 is 1.32 bits per heavy atom. The van der Waals surface area contributed by atoms with Crippen LogP contribution in [0.2, 0.25) is 0 Å². The van der Waals surface area contributed by atoms with Gasteiger partial charge in [-0.25, -0.2) is 32.3 Å². The maximum atomic E-state index is 14.8. The first-order valence-corrected chi connectivity index (χ1v) is 22.8. The van der Waals surface area contributed by atoms with Crippen molar-refractivity contribution in [2.45, 2.75) is 91.1 Å². The van der Waals surface area contributed by atoms with Crippen LogP contribution in [-0.4, -0.2) is 119 Å². The lowest BCUT2D eigenvalue weighted by atomic mass is 9.72. The van der Waals surface area contributed by atoms with Crippen LogP contribution in [-0.2, 0) is 54.5 Å². The Morgan fingerprint density at radius 1 is 0.738 bits per heavy atom. The number of hydrogen-bond donors (Lipinski definition) is 4. The number of aromatic nitrogens is 2. The number of unbranched alkanes of at least 4 members (excludes halogenated alkanes) is 1. The number of esters is 1. The lowest BCUT2D eigenvalue weighted by Crippen LogP contribution is -2.36. The first-order chi connectivity index (χ1) is 30.5. The number of amides is 2. The first kappa shape index (κ1) is 54.1. The molecule has 0 saturated heterocycles. The maximum Gasteiger partial charge on any atom is 0.329 e. The van der Waals surface area contributed by atoms with E-state index in [1.807, 2.05) is 34.6 Å². The Hall–Kier alpha value is -5.28. The number of hydrogen-bond acceptors (Lipinski definition) is 14. The summed E-state index contributed by atoms with van der Waals surface area (Å²) in [5.41, 5.74) is -0.757. The van der Waals surface area contributed by atoms with E-state index < -0.39 is 39.5 Å². The van der Waals surface area contributed by atoms with E-state index in [1.54, 1.807) is 6.07 Å². The highest BCUT2D eigenvalue weighted by atomic mass is 32.2. The molecule has 0 spiro atoms. The van der Waals surface area contributed by atoms with Crippen LogP contribution in [0.25, 0.3) is 0 Å². The van der Waals surface area contributed by atoms with Crippen LogP contribution < -0.4 is 20.1 Å². The molecule has 0 atom stereocenters. The van der Waals surface area contributed by atoms with Gasteiger partial charge in [-0.2, -0.15) is 0 Å². The van der Waals surface area contributed by atoms with E-state index in [9.17, 15) is 32.0 Å². The largest absolute Gasteiger partial charge is 0.480 e. The molecule has 0 unspecified atom stereocenters. The minimum absolute atomic E-state index is 0.0878. The van der Waals surface area contributed by atoms with Crippen LogP contribution in [0.15, 0.2) is 59.8 Å². The van der Waals surface area contributed by atoms with Crippen LogP contribution in [0, 0.1) is 16.6 Å². The molecule has 0 saturated carbocycles. The number of carboxylic acid groups (broad SMARTS) is 1. The molecule has 0 bridgehead atoms. The molecule has 360 valence electrons. The average molecular weight is 934 g/mol. The van der Waals surface area contributed by atoms with Crippen molar-refractivity contribution in [2.75, 3.05) is 70.7 Å². The summed E-state index contributed by atoms with van der Waals surface area (Å²) >= 11 is 0. The van der Waals surface area contributed by atoms with E-state index in [2.05, 4.69) is 39.2 Å². The Morgan fingerprint density at radius 3 is 1.94 bits per heavy atom. The van der Waals surface area contributed by atoms with Crippen LogP contribution in [0.1, 0.15) is 90.1 Å². The molecule has 0 aliphatic rings. The number of aliphatic carboxylic acids is 1. The van der Waals surface area contributed by atoms with E-state index in [0.29, 0.717) is 29.9 Å². The van der Waals surface area contributed by atoms with E-state index in [-0.39, 0.29) is 98.9 Å². The Bertz CT molecular complexity index is 2100. The average Bonchev–Trinajstić information content (AvgIpc) is 3.21. The molecule has 3 rings (SSSR count). The predicted molar refractivity (Wildman–Crippen MR) is 238 cm³/mol. The monoisotopic (exact) mass is 933 g/mol. The number of sulfonamides is 1. The van der Waals surface area contributed by atoms with Crippen LogP contribution in [0.5, 0.6) is 11.5 Å². The highest BCUT2D eigenvalue weighted by Crippen LogP contribution is 2.39. The van der Waals surface area contributed by atoms with Crippen molar-refractivity contribution in [2.24, 2.45) is 10.8 Å². The maximum absolute atomic E-state index is 14.8. The van der Waals surface area contributed by atoms with Gasteiger partial charge in [0.1, 0.15) is 36.1 Å². The van der Waals surface area contributed by atoms with Crippen LogP contribution in [0.4, 0.5) is 10.3 Å². The normalized spacial score (nSPS) is 12.1. The zero-order valence-corrected chi connectivity index (χ0v) is 39.1. The smallest absolute Gasteiger partial charge is 0.329 e. The number of carbonyl (C=O) groups excluding carboxylic acids is 3. The molecule has 2 amide bonds. The number of benzene rings is 2. The third-order valence-corrected chi connectivity index (χ3v) is 10.6. The first-order valence-electron chi connectivity index (χ1n) is 21.3. The fourth-order valence-electron chi connectivity index (χ4n) is 6.41. The van der Waals surface area contributed by atoms with Gasteiger partial charge in [0.25, 0.3) is 15.9 Å². The van der Waals surface area contributed by atoms with Gasteiger partial charge in [-0.05, 0) is 114 Å². The molecule has 3 aromatic rings. The quantitative estimate of drug-likeness (QED) is 0.0463. The summed E-state index contributed by atoms with van der Waals surface area (Å²) in [7, 11) is -4.11. The van der Waals surface area contributed by atoms with Gasteiger partial charge in [-0.15, -0.1) is 0 Å². The third-order valence-electron chi connectivity index (χ3n) is 9.25. The predicted octanol–water partition coefficient (Wildman–Crippen LogP) is 5.70. The Labute approximate surface area is 380 Å². The molecule has 1 aromatic heterocycles. The molecule has 4 N–H and O–H groups in total. The Kier molecular flexibility index (Phi) is 21.6. The van der Waals surface area contributed by atoms with Gasteiger partial charge >= 0.3 is 11.9 Å². The van der Waals surface area contributed by atoms with E-state index >= 15 is 0 Å². The van der Waals surface area contributed by atoms with Crippen LogP contribution >= 0.6 is 0 Å². The van der Waals surface area contributed by atoms with Crippen LogP contribution in [0.3, 0.4) is 0 Å². The molecule has 0 aliphatic heterocycles. The second-order valence-corrected chi connectivity index (χ2v) is 19.2. The van der Waals surface area contributed by atoms with Gasteiger partial charge < -0.3 is 44.2 Å². The summed E-state index contributed by atoms with van der Waals surface area (Å²) in [5, 5.41) is 13.7. The minimum atomic E-state index is -4.11. The summed E-state index contributed by atoms with van der Waals surface area (Å²) in [4.78, 5) is 55.3. The van der Waals surface area contributed by atoms with E-state index in [1.165, 1.54) is 48.8 Å². The number of halogens is 1. The van der Waals surface area contributed by atoms with Crippen molar-refractivity contribution < 1.29 is 65.5 Å². The van der Waals surface area contributed by atoms with Gasteiger partial charge in [0.2, 0.25) is 11.9 Å². The van der Waals surface area contributed by atoms with Gasteiger partial charge in [-0.1, -0.05) is 20.3 Å². The molecule has 0 radical (unpaired) electrons. The highest BCUT2D eigenvalue weighted by Gasteiger charge is 2.37. The molecule has 2 aromatic carbocycles. The molecular formula is C45H64FN5O13S. The number of ether oxygens (including phenoxy) is 6. The molecular weight excluding hydrogens is 870 g/mol. The third kappa shape index (κ3) is 21.5. The number of anilines is 1. The standard InChI is InChI=1S/C45H64FN5O13S/c1-43(2,3)64-41(56)45(6,7)31-44(4,5)17-9-8-10-32-26-35(13-16-37(32)46)63-34-11-14-36(15-12-34)65(57,58)51-42-49-27-33(28-50-42)40(55)48-19-21-60-22-24-61-29-38(52)47-18-20-59-23-25-62-30-39(53)54/h11-16,26-28H,8-10,17-25,29-31H2,1-7H3,(H,47,52)(H,48,55)(H,53,54)(H,49,50,51).